The van der Waals surface area contributed by atoms with Crippen LogP contribution in [0.5, 0.6) is 11.5 Å². The molecule has 0 aliphatic rings. The van der Waals surface area contributed by atoms with E-state index in [1.165, 1.54) is 30.6 Å². The number of nitro groups is 1. The van der Waals surface area contributed by atoms with Gasteiger partial charge in [0.25, 0.3) is 0 Å². The largest absolute Gasteiger partial charge is 0.450 e. The van der Waals surface area contributed by atoms with Crippen molar-refractivity contribution >= 4 is 59.8 Å². The molecule has 13 heteroatoms. The summed E-state index contributed by atoms with van der Waals surface area (Å²) in [6.45, 7) is 5.17. The zero-order chi connectivity index (χ0) is 26.3. The smallest absolute Gasteiger partial charge is 0.408 e. The Balaban J connectivity index is 0.00000361. The summed E-state index contributed by atoms with van der Waals surface area (Å²) in [5.74, 6) is -0.106. The van der Waals surface area contributed by atoms with Crippen LogP contribution in [-0.2, 0) is 16.0 Å². The molecule has 2 N–H and O–H groups in total. The van der Waals surface area contributed by atoms with Gasteiger partial charge in [-0.1, -0.05) is 23.7 Å². The Hall–Kier alpha value is -3.60. The number of nitrogens with one attached hydrogen (secondary N) is 2. The van der Waals surface area contributed by atoms with Crippen molar-refractivity contribution in [2.24, 2.45) is 0 Å². The summed E-state index contributed by atoms with van der Waals surface area (Å²) in [6.07, 6.45) is 2.49. The second kappa shape index (κ2) is 14.4. The average molecular weight is 586 g/mol. The van der Waals surface area contributed by atoms with Gasteiger partial charge in [-0.15, -0.1) is 24.8 Å². The number of anilines is 1. The fourth-order valence-electron chi connectivity index (χ4n) is 3.10. The summed E-state index contributed by atoms with van der Waals surface area (Å²) < 4.78 is 11.0. The summed E-state index contributed by atoms with van der Waals surface area (Å²) >= 11 is 5.95. The number of aromatic nitrogens is 1. The van der Waals surface area contributed by atoms with Gasteiger partial charge in [0.1, 0.15) is 17.4 Å². The van der Waals surface area contributed by atoms with Crippen molar-refractivity contribution < 1.29 is 24.0 Å². The van der Waals surface area contributed by atoms with Crippen LogP contribution in [0.3, 0.4) is 0 Å². The molecule has 38 heavy (non-hydrogen) atoms. The minimum Gasteiger partial charge on any atom is -0.450 e. The van der Waals surface area contributed by atoms with Crippen LogP contribution in [-0.4, -0.2) is 33.6 Å². The molecule has 0 aliphatic carbocycles. The third-order valence-electron chi connectivity index (χ3n) is 4.66. The van der Waals surface area contributed by atoms with Gasteiger partial charge in [0, 0.05) is 41.7 Å². The Morgan fingerprint density at radius 1 is 1.05 bits per heavy atom. The lowest BCUT2D eigenvalue weighted by Gasteiger charge is -2.23. The third kappa shape index (κ3) is 10.0. The number of amides is 2. The molecule has 0 saturated carbocycles. The topological polar surface area (TPSA) is 133 Å². The minimum absolute atomic E-state index is 0. The molecule has 3 rings (SSSR count). The molecule has 0 unspecified atom stereocenters. The molecule has 1 atom stereocenters. The van der Waals surface area contributed by atoms with Crippen molar-refractivity contribution in [1.82, 2.24) is 10.3 Å². The highest BCUT2D eigenvalue weighted by atomic mass is 35.5. The molecule has 0 radical (unpaired) electrons. The van der Waals surface area contributed by atoms with E-state index < -0.39 is 28.6 Å². The minimum atomic E-state index is -0.950. The molecule has 0 aliphatic heterocycles. The van der Waals surface area contributed by atoms with Gasteiger partial charge in [-0.25, -0.2) is 4.79 Å². The molecular weight excluding hydrogens is 559 g/mol. The van der Waals surface area contributed by atoms with E-state index >= 15 is 0 Å². The Kier molecular flexibility index (Phi) is 12.3. The standard InChI is InChI=1S/C25H25ClN4O6.2ClH/c1-25(2,3)36-24(32)29-20(23(31)28-18-10-12-27-13-11-18)14-16-4-7-19(8-5-16)35-22-15-17(26)6-9-21(22)30(33)34;;/h4-13,15,20H,14H2,1-3H3,(H,29,32)(H,27,28,31);2*1H/t20-;;/m0../s1. The van der Waals surface area contributed by atoms with E-state index in [1.54, 1.807) is 57.2 Å². The lowest BCUT2D eigenvalue weighted by atomic mass is 10.0. The van der Waals surface area contributed by atoms with E-state index in [-0.39, 0.29) is 42.7 Å². The van der Waals surface area contributed by atoms with E-state index in [0.717, 1.165) is 0 Å². The van der Waals surface area contributed by atoms with Gasteiger partial charge in [0.05, 0.1) is 4.92 Å². The molecule has 0 saturated heterocycles. The van der Waals surface area contributed by atoms with Crippen LogP contribution >= 0.6 is 36.4 Å². The van der Waals surface area contributed by atoms with Crippen LogP contribution in [0.15, 0.2) is 67.0 Å². The second-order valence-electron chi connectivity index (χ2n) is 8.74. The molecule has 10 nitrogen and oxygen atoms in total. The second-order valence-corrected chi connectivity index (χ2v) is 9.18. The number of carbonyl (C=O) groups is 2. The Labute approximate surface area is 237 Å². The Morgan fingerprint density at radius 2 is 1.68 bits per heavy atom. The first-order chi connectivity index (χ1) is 17.0. The van der Waals surface area contributed by atoms with Gasteiger partial charge in [0.2, 0.25) is 11.7 Å². The van der Waals surface area contributed by atoms with Gasteiger partial charge in [-0.2, -0.15) is 0 Å². The fourth-order valence-corrected chi connectivity index (χ4v) is 3.26. The first-order valence-electron chi connectivity index (χ1n) is 10.9. The maximum absolute atomic E-state index is 13.0. The van der Waals surface area contributed by atoms with Crippen LogP contribution in [0.4, 0.5) is 16.2 Å². The van der Waals surface area contributed by atoms with Crippen molar-refractivity contribution in [3.63, 3.8) is 0 Å². The molecule has 0 spiro atoms. The van der Waals surface area contributed by atoms with Crippen molar-refractivity contribution in [2.45, 2.75) is 38.8 Å². The number of hydrogen-bond donors (Lipinski definition) is 2. The summed E-state index contributed by atoms with van der Waals surface area (Å²) in [5.41, 5.74) is 0.266. The highest BCUT2D eigenvalue weighted by Crippen LogP contribution is 2.33. The van der Waals surface area contributed by atoms with E-state index in [4.69, 9.17) is 21.1 Å². The zero-order valence-electron chi connectivity index (χ0n) is 20.7. The number of benzene rings is 2. The number of halogens is 3. The highest BCUT2D eigenvalue weighted by Gasteiger charge is 2.25. The normalized spacial score (nSPS) is 11.2. The molecule has 0 bridgehead atoms. The maximum Gasteiger partial charge on any atom is 0.408 e. The van der Waals surface area contributed by atoms with Crippen molar-refractivity contribution in [2.75, 3.05) is 5.32 Å². The van der Waals surface area contributed by atoms with Crippen LogP contribution in [0, 0.1) is 10.1 Å². The number of alkyl carbamates (subject to hydrolysis) is 1. The quantitative estimate of drug-likeness (QED) is 0.232. The molecule has 204 valence electrons. The zero-order valence-corrected chi connectivity index (χ0v) is 23.1. The summed E-state index contributed by atoms with van der Waals surface area (Å²) in [4.78, 5) is 40.0. The number of rotatable bonds is 8. The first-order valence-corrected chi connectivity index (χ1v) is 11.3. The molecular formula is C25H27Cl3N4O6. The van der Waals surface area contributed by atoms with Crippen molar-refractivity contribution in [1.29, 1.82) is 0 Å². The molecule has 1 heterocycles. The summed E-state index contributed by atoms with van der Waals surface area (Å²) in [7, 11) is 0. The van der Waals surface area contributed by atoms with E-state index in [2.05, 4.69) is 15.6 Å². The van der Waals surface area contributed by atoms with Gasteiger partial charge in [0.15, 0.2) is 0 Å². The first kappa shape index (κ1) is 32.4. The van der Waals surface area contributed by atoms with Crippen molar-refractivity contribution in [3.05, 3.63) is 87.7 Å². The highest BCUT2D eigenvalue weighted by molar-refractivity contribution is 6.30. The number of carbonyl (C=O) groups excluding carboxylic acids is 2. The SMILES string of the molecule is CC(C)(C)OC(=O)N[C@@H](Cc1ccc(Oc2cc(Cl)ccc2[N+](=O)[O-])cc1)C(=O)Nc1ccncc1.Cl.Cl. The van der Waals surface area contributed by atoms with Crippen molar-refractivity contribution in [3.8, 4) is 11.5 Å². The van der Waals surface area contributed by atoms with E-state index in [0.29, 0.717) is 22.0 Å². The number of nitro benzene ring substituents is 1. The number of ether oxygens (including phenoxy) is 2. The fraction of sp³-hybridized carbons (Fsp3) is 0.240. The molecule has 1 aromatic heterocycles. The number of hydrogen-bond acceptors (Lipinski definition) is 7. The lowest BCUT2D eigenvalue weighted by Crippen LogP contribution is -2.47. The van der Waals surface area contributed by atoms with Gasteiger partial charge in [-0.05, 0) is 56.7 Å². The predicted molar refractivity (Wildman–Crippen MR) is 149 cm³/mol. The molecule has 0 fully saturated rings. The van der Waals surface area contributed by atoms with Crippen LogP contribution in [0.25, 0.3) is 0 Å². The molecule has 3 aromatic rings. The average Bonchev–Trinajstić information content (AvgIpc) is 2.79. The molecule has 2 amide bonds. The van der Waals surface area contributed by atoms with Gasteiger partial charge < -0.3 is 20.1 Å². The lowest BCUT2D eigenvalue weighted by molar-refractivity contribution is -0.385. The van der Waals surface area contributed by atoms with Gasteiger partial charge in [-0.3, -0.25) is 19.9 Å². The Morgan fingerprint density at radius 3 is 2.26 bits per heavy atom. The monoisotopic (exact) mass is 584 g/mol. The van der Waals surface area contributed by atoms with Gasteiger partial charge >= 0.3 is 11.8 Å². The summed E-state index contributed by atoms with van der Waals surface area (Å²) in [5, 5.41) is 16.9. The third-order valence-corrected chi connectivity index (χ3v) is 4.90. The number of pyridine rings is 1. The van der Waals surface area contributed by atoms with Crippen LogP contribution < -0.4 is 15.4 Å². The van der Waals surface area contributed by atoms with E-state index in [1.807, 2.05) is 0 Å². The van der Waals surface area contributed by atoms with E-state index in [9.17, 15) is 19.7 Å². The number of nitrogens with zero attached hydrogens (tertiary/aromatic N) is 2. The summed E-state index contributed by atoms with van der Waals surface area (Å²) in [6, 6.07) is 12.9. The maximum atomic E-state index is 13.0. The van der Waals surface area contributed by atoms with Crippen LogP contribution in [0.1, 0.15) is 26.3 Å². The van der Waals surface area contributed by atoms with Crippen LogP contribution in [0.2, 0.25) is 5.02 Å². The predicted octanol–water partition coefficient (Wildman–Crippen LogP) is 6.35. The molecule has 2 aromatic carbocycles. The Bertz CT molecular complexity index is 1240.